The van der Waals surface area contributed by atoms with Crippen LogP contribution in [0.25, 0.3) is 21.5 Å². The monoisotopic (exact) mass is 778 g/mol. The maximum atomic E-state index is 7.47. The Morgan fingerprint density at radius 2 is 0.824 bits per heavy atom. The van der Waals surface area contributed by atoms with E-state index in [2.05, 4.69) is 68.0 Å². The molecule has 10 nitrogen and oxygen atoms in total. The van der Waals surface area contributed by atoms with Gasteiger partial charge in [0.15, 0.2) is 0 Å². The first-order chi connectivity index (χ1) is 25.2. The van der Waals surface area contributed by atoms with Gasteiger partial charge in [0.05, 0.1) is 0 Å². The van der Waals surface area contributed by atoms with Crippen molar-refractivity contribution in [3.05, 3.63) is 130 Å². The van der Waals surface area contributed by atoms with Crippen molar-refractivity contribution in [2.75, 3.05) is 13.2 Å². The molecule has 0 aliphatic carbocycles. The van der Waals surface area contributed by atoms with E-state index in [0.717, 1.165) is 69.5 Å². The van der Waals surface area contributed by atoms with Crippen LogP contribution in [-0.4, -0.2) is 61.9 Å². The molecule has 0 fully saturated rings. The molecule has 0 atom stereocenters. The molecule has 0 saturated heterocycles. The molecule has 0 spiro atoms. The van der Waals surface area contributed by atoms with E-state index in [-0.39, 0.29) is 0 Å². The summed E-state index contributed by atoms with van der Waals surface area (Å²) in [5, 5.41) is 3.75. The van der Waals surface area contributed by atoms with Gasteiger partial charge in [0.2, 0.25) is 0 Å². The summed E-state index contributed by atoms with van der Waals surface area (Å²) >= 11 is -5.15. The van der Waals surface area contributed by atoms with Crippen LogP contribution in [0.4, 0.5) is 11.6 Å². The molecule has 10 rings (SSSR count). The fourth-order valence-electron chi connectivity index (χ4n) is 7.43. The van der Waals surface area contributed by atoms with Crippen LogP contribution in [0.3, 0.4) is 0 Å². The molecule has 6 bridgehead atoms. The second kappa shape index (κ2) is 12.0. The van der Waals surface area contributed by atoms with Crippen molar-refractivity contribution in [2.24, 2.45) is 30.0 Å². The van der Waals surface area contributed by atoms with Crippen molar-refractivity contribution in [3.63, 3.8) is 0 Å². The van der Waals surface area contributed by atoms with Crippen molar-refractivity contribution in [3.8, 4) is 0 Å². The van der Waals surface area contributed by atoms with Gasteiger partial charge in [-0.1, -0.05) is 0 Å². The molecule has 51 heavy (non-hydrogen) atoms. The quantitative estimate of drug-likeness (QED) is 0.123. The molecule has 6 aromatic rings. The molecular weight excluding hydrogens is 743 g/mol. The zero-order valence-corrected chi connectivity index (χ0v) is 31.2. The van der Waals surface area contributed by atoms with Crippen LogP contribution in [0.5, 0.6) is 0 Å². The Morgan fingerprint density at radius 3 is 1.24 bits per heavy atom. The van der Waals surface area contributed by atoms with E-state index in [0.29, 0.717) is 59.2 Å². The molecule has 250 valence electrons. The zero-order valence-electron chi connectivity index (χ0n) is 28.4. The van der Waals surface area contributed by atoms with Crippen LogP contribution in [0.1, 0.15) is 61.8 Å². The van der Waals surface area contributed by atoms with Gasteiger partial charge in [0, 0.05) is 0 Å². The van der Waals surface area contributed by atoms with Crippen LogP contribution in [0.2, 0.25) is 0 Å². The Bertz CT molecular complexity index is 2520. The van der Waals surface area contributed by atoms with Crippen LogP contribution in [0.15, 0.2) is 127 Å². The number of hydrogen-bond acceptors (Lipinski definition) is 8. The first-order valence-corrected chi connectivity index (χ1v) is 22.6. The number of nitrogens with zero attached hydrogens (tertiary/aromatic N) is 8. The van der Waals surface area contributed by atoms with E-state index in [1.807, 2.05) is 48.5 Å². The summed E-state index contributed by atoms with van der Waals surface area (Å²) in [7, 11) is 0. The minimum absolute atomic E-state index is 0.495. The molecule has 0 saturated carbocycles. The van der Waals surface area contributed by atoms with Gasteiger partial charge in [-0.2, -0.15) is 0 Å². The van der Waals surface area contributed by atoms with Gasteiger partial charge in [-0.05, 0) is 0 Å². The molecule has 0 N–H and O–H groups in total. The Morgan fingerprint density at radius 1 is 0.451 bits per heavy atom. The first-order valence-electron chi connectivity index (χ1n) is 17.7. The van der Waals surface area contributed by atoms with Crippen molar-refractivity contribution in [2.45, 2.75) is 39.5 Å². The summed E-state index contributed by atoms with van der Waals surface area (Å²) in [4.78, 5) is 32.1. The van der Waals surface area contributed by atoms with Crippen molar-refractivity contribution in [1.82, 2.24) is 5.58 Å². The maximum absolute atomic E-state index is 7.47. The molecule has 4 aliphatic heterocycles. The topological polar surface area (TPSA) is 102 Å². The predicted octanol–water partition coefficient (Wildman–Crippen LogP) is 7.00. The van der Waals surface area contributed by atoms with Gasteiger partial charge in [-0.3, -0.25) is 0 Å². The summed E-state index contributed by atoms with van der Waals surface area (Å²) in [5.74, 6) is 3.81. The van der Waals surface area contributed by atoms with Crippen LogP contribution < -0.4 is 11.0 Å². The molecule has 11 heteroatoms. The Hall–Kier alpha value is -5.04. The number of benzene rings is 4. The van der Waals surface area contributed by atoms with E-state index >= 15 is 0 Å². The Balaban J connectivity index is 1.50. The number of hydrogen-bond donors (Lipinski definition) is 0. The second-order valence-electron chi connectivity index (χ2n) is 13.1. The zero-order chi connectivity index (χ0) is 34.1. The van der Waals surface area contributed by atoms with Gasteiger partial charge in [0.25, 0.3) is 0 Å². The third kappa shape index (κ3) is 4.56. The van der Waals surface area contributed by atoms with Gasteiger partial charge in [-0.15, -0.1) is 0 Å². The van der Waals surface area contributed by atoms with Gasteiger partial charge in [-0.25, -0.2) is 0 Å². The third-order valence-corrected chi connectivity index (χ3v) is 18.9. The number of fused-ring (bicyclic) bond motifs is 14. The third-order valence-electron chi connectivity index (χ3n) is 9.89. The average molecular weight is 777 g/mol. The van der Waals surface area contributed by atoms with Gasteiger partial charge >= 0.3 is 301 Å². The fourth-order valence-corrected chi connectivity index (χ4v) is 17.1. The molecular formula is C40H34N8O2Sn. The molecule has 4 aromatic carbocycles. The van der Waals surface area contributed by atoms with Gasteiger partial charge in [0.1, 0.15) is 0 Å². The number of aromatic nitrogens is 2. The van der Waals surface area contributed by atoms with Crippen LogP contribution in [-0.2, 0) is 6.15 Å². The average Bonchev–Trinajstić information content (AvgIpc) is 3.88. The number of aliphatic imine (C=N–C) groups is 4. The van der Waals surface area contributed by atoms with Crippen molar-refractivity contribution >= 4 is 76.3 Å². The number of amidine groups is 4. The van der Waals surface area contributed by atoms with Crippen molar-refractivity contribution < 1.29 is 6.15 Å². The SMILES string of the molecule is CCCC[O][Sn]1([O]CCCC)[n]2c3c4ccccc4c2N=C2N=C(N=c4c5ccccc5c([n]41)=NC1=NC(=N3)c3ccccc31)c1ccccc12. The summed E-state index contributed by atoms with van der Waals surface area (Å²) in [5.41, 5.74) is 5.12. The summed E-state index contributed by atoms with van der Waals surface area (Å²) in [6.45, 7) is 5.35. The van der Waals surface area contributed by atoms with Crippen LogP contribution in [0, 0.1) is 0 Å². The molecule has 4 aliphatic rings. The molecule has 0 amide bonds. The number of unbranched alkanes of at least 4 members (excludes halogenated alkanes) is 2. The number of rotatable bonds is 8. The van der Waals surface area contributed by atoms with Gasteiger partial charge < -0.3 is 0 Å². The molecule has 2 aromatic heterocycles. The summed E-state index contributed by atoms with van der Waals surface area (Å²) < 4.78 is 19.4. The molecule has 0 radical (unpaired) electrons. The van der Waals surface area contributed by atoms with Crippen molar-refractivity contribution in [1.29, 1.82) is 0 Å². The van der Waals surface area contributed by atoms with E-state index in [9.17, 15) is 0 Å². The fraction of sp³-hybridized carbons (Fsp3) is 0.200. The minimum atomic E-state index is -5.15. The van der Waals surface area contributed by atoms with E-state index in [1.54, 1.807) is 0 Å². The van der Waals surface area contributed by atoms with E-state index in [4.69, 9.17) is 36.1 Å². The molecule has 6 heterocycles. The predicted molar refractivity (Wildman–Crippen MR) is 203 cm³/mol. The Kier molecular flexibility index (Phi) is 7.26. The normalized spacial score (nSPS) is 16.0. The van der Waals surface area contributed by atoms with E-state index < -0.39 is 19.8 Å². The Labute approximate surface area is 299 Å². The first kappa shape index (κ1) is 30.8. The molecule has 0 unspecified atom stereocenters. The van der Waals surface area contributed by atoms with Crippen LogP contribution >= 0.6 is 0 Å². The van der Waals surface area contributed by atoms with E-state index in [1.165, 1.54) is 0 Å². The summed E-state index contributed by atoms with van der Waals surface area (Å²) in [6, 6.07) is 33.0. The summed E-state index contributed by atoms with van der Waals surface area (Å²) in [6.07, 6.45) is 3.66. The second-order valence-corrected chi connectivity index (χ2v) is 20.4. The standard InChI is InChI=1S/C32H16N8.2C4H9O.Sn/c1-2-10-18-17(9-1)25-33-26(18)38-28-21-13-5-6-14-22(21)30(35-28)40-32-24-16-8-7-15-23(24)31(36-32)39-29-20-12-4-3-11-19(20)27(34-29)37-25;2*1-2-3-4-5;/h1-16H;2*2-4H2,1H3;/q-2;2*-1;+4.